The second kappa shape index (κ2) is 8.73. The lowest BCUT2D eigenvalue weighted by Gasteiger charge is -2.13. The van der Waals surface area contributed by atoms with Gasteiger partial charge in [-0.3, -0.25) is 14.6 Å². The number of benzene rings is 1. The minimum Gasteiger partial charge on any atom is -0.456 e. The van der Waals surface area contributed by atoms with Crippen LogP contribution in [-0.2, 0) is 13.5 Å². The minimum atomic E-state index is -0.458. The van der Waals surface area contributed by atoms with Gasteiger partial charge in [-0.2, -0.15) is 0 Å². The van der Waals surface area contributed by atoms with E-state index in [1.807, 2.05) is 36.7 Å². The van der Waals surface area contributed by atoms with Crippen molar-refractivity contribution >= 4 is 44.3 Å². The number of pyridine rings is 1. The number of fused-ring (bicyclic) bond motifs is 2. The first-order valence-electron chi connectivity index (χ1n) is 11.3. The number of amides is 2. The highest BCUT2D eigenvalue weighted by Gasteiger charge is 2.27. The van der Waals surface area contributed by atoms with Crippen LogP contribution in [0.3, 0.4) is 0 Å². The van der Waals surface area contributed by atoms with Crippen molar-refractivity contribution in [3.8, 4) is 11.5 Å². The molecule has 34 heavy (non-hydrogen) atoms. The molecule has 4 heterocycles. The van der Waals surface area contributed by atoms with E-state index in [0.717, 1.165) is 27.7 Å². The molecule has 1 aromatic carbocycles. The molecule has 1 unspecified atom stereocenters. The summed E-state index contributed by atoms with van der Waals surface area (Å²) in [6.07, 6.45) is 2.54. The molecule has 5 rings (SSSR count). The highest BCUT2D eigenvalue weighted by molar-refractivity contribution is 7.21. The average Bonchev–Trinajstić information content (AvgIpc) is 3.54. The molecule has 9 heteroatoms. The van der Waals surface area contributed by atoms with Crippen molar-refractivity contribution < 1.29 is 19.4 Å². The first kappa shape index (κ1) is 22.4. The van der Waals surface area contributed by atoms with Crippen LogP contribution in [-0.4, -0.2) is 57.6 Å². The van der Waals surface area contributed by atoms with Crippen molar-refractivity contribution in [1.82, 2.24) is 19.8 Å². The van der Waals surface area contributed by atoms with Gasteiger partial charge in [0.15, 0.2) is 0 Å². The number of carbonyl (C=O) groups is 2. The van der Waals surface area contributed by atoms with Crippen molar-refractivity contribution in [3.63, 3.8) is 0 Å². The lowest BCUT2D eigenvalue weighted by molar-refractivity contribution is 0.0769. The second-order valence-corrected chi connectivity index (χ2v) is 9.47. The summed E-state index contributed by atoms with van der Waals surface area (Å²) in [5.74, 6) is 1.06. The first-order chi connectivity index (χ1) is 16.4. The molecule has 0 spiro atoms. The fourth-order valence-electron chi connectivity index (χ4n) is 4.63. The third-order valence-corrected chi connectivity index (χ3v) is 7.47. The fraction of sp³-hybridized carbons (Fsp3) is 0.320. The van der Waals surface area contributed by atoms with Crippen LogP contribution >= 0.6 is 11.3 Å². The number of aromatic nitrogens is 2. The second-order valence-electron chi connectivity index (χ2n) is 8.42. The van der Waals surface area contributed by atoms with E-state index < -0.39 is 6.10 Å². The topological polar surface area (TPSA) is 96.7 Å². The van der Waals surface area contributed by atoms with Crippen LogP contribution in [0.1, 0.15) is 39.1 Å². The molecule has 0 bridgehead atoms. The highest BCUT2D eigenvalue weighted by atomic mass is 32.1. The lowest BCUT2D eigenvalue weighted by atomic mass is 10.1. The van der Waals surface area contributed by atoms with Crippen LogP contribution in [0.5, 0.6) is 11.5 Å². The Labute approximate surface area is 200 Å². The molecule has 1 fully saturated rings. The third kappa shape index (κ3) is 3.70. The number of nitrogens with zero attached hydrogens (tertiary/aromatic N) is 3. The Balaban J connectivity index is 1.50. The molecular weight excluding hydrogens is 452 g/mol. The number of aliphatic hydroxyl groups excluding tert-OH is 1. The number of hydrogen-bond acceptors (Lipinski definition) is 6. The maximum atomic E-state index is 12.9. The summed E-state index contributed by atoms with van der Waals surface area (Å²) < 4.78 is 9.07. The average molecular weight is 479 g/mol. The van der Waals surface area contributed by atoms with Crippen LogP contribution in [0, 0.1) is 0 Å². The molecule has 2 amide bonds. The molecule has 1 saturated heterocycles. The van der Waals surface area contributed by atoms with Gasteiger partial charge in [0, 0.05) is 56.6 Å². The Morgan fingerprint density at radius 1 is 1.29 bits per heavy atom. The summed E-state index contributed by atoms with van der Waals surface area (Å²) in [4.78, 5) is 32.0. The zero-order chi connectivity index (χ0) is 24.0. The van der Waals surface area contributed by atoms with Gasteiger partial charge in [-0.05, 0) is 31.0 Å². The summed E-state index contributed by atoms with van der Waals surface area (Å²) in [5.41, 5.74) is 3.26. The third-order valence-electron chi connectivity index (χ3n) is 6.35. The van der Waals surface area contributed by atoms with Crippen LogP contribution in [0.2, 0.25) is 0 Å². The van der Waals surface area contributed by atoms with E-state index in [9.17, 15) is 14.7 Å². The van der Waals surface area contributed by atoms with Gasteiger partial charge in [-0.15, -0.1) is 11.3 Å². The van der Waals surface area contributed by atoms with E-state index in [2.05, 4.69) is 10.3 Å². The van der Waals surface area contributed by atoms with Crippen molar-refractivity contribution in [1.29, 1.82) is 0 Å². The Bertz CT molecular complexity index is 1420. The van der Waals surface area contributed by atoms with Crippen LogP contribution in [0.15, 0.2) is 36.5 Å². The number of nitrogens with one attached hydrogen (secondary N) is 1. The lowest BCUT2D eigenvalue weighted by Crippen LogP contribution is -2.28. The van der Waals surface area contributed by atoms with Gasteiger partial charge in [0.25, 0.3) is 11.8 Å². The smallest absolute Gasteiger partial charge is 0.264 e. The van der Waals surface area contributed by atoms with Crippen LogP contribution < -0.4 is 10.1 Å². The summed E-state index contributed by atoms with van der Waals surface area (Å²) in [6.45, 7) is 2.95. The number of aryl methyl sites for hydroxylation is 1. The summed E-state index contributed by atoms with van der Waals surface area (Å²) in [6, 6.07) is 9.26. The zero-order valence-electron chi connectivity index (χ0n) is 19.3. The van der Waals surface area contributed by atoms with Gasteiger partial charge in [0.05, 0.1) is 32.3 Å². The van der Waals surface area contributed by atoms with E-state index in [1.165, 1.54) is 11.3 Å². The number of carbonyl (C=O) groups excluding carboxylic acids is 2. The number of β-amino-alcohol motifs (C(OH)–C–C–N with tert-alkyl or cyclic N) is 1. The maximum absolute atomic E-state index is 12.9. The van der Waals surface area contributed by atoms with Gasteiger partial charge in [0.1, 0.15) is 11.5 Å². The molecule has 0 saturated carbocycles. The number of aliphatic hydroxyl groups is 1. The maximum Gasteiger partial charge on any atom is 0.264 e. The summed E-state index contributed by atoms with van der Waals surface area (Å²) >= 11 is 1.34. The molecule has 0 aliphatic carbocycles. The number of likely N-dealkylation sites (tertiary alicyclic amines) is 1. The van der Waals surface area contributed by atoms with Crippen molar-refractivity contribution in [3.05, 3.63) is 52.7 Å². The van der Waals surface area contributed by atoms with Crippen molar-refractivity contribution in [2.24, 2.45) is 7.05 Å². The fourth-order valence-corrected chi connectivity index (χ4v) is 5.67. The molecule has 2 N–H and O–H groups in total. The molecule has 1 aliphatic rings. The predicted octanol–water partition coefficient (Wildman–Crippen LogP) is 3.71. The SMILES string of the molecule is CCc1c(C(=O)NC)c2ccc(Oc3ccnc4cc(C(=O)N5CCC(O)C5)sc34)cc2n1C. The molecule has 8 nitrogen and oxygen atoms in total. The quantitative estimate of drug-likeness (QED) is 0.456. The summed E-state index contributed by atoms with van der Waals surface area (Å²) in [5, 5.41) is 13.4. The Morgan fingerprint density at radius 2 is 2.12 bits per heavy atom. The molecule has 4 aromatic rings. The van der Waals surface area contributed by atoms with E-state index in [4.69, 9.17) is 4.74 Å². The Hall–Kier alpha value is -3.43. The first-order valence-corrected chi connectivity index (χ1v) is 12.1. The van der Waals surface area contributed by atoms with E-state index in [0.29, 0.717) is 47.0 Å². The number of thiophene rings is 1. The van der Waals surface area contributed by atoms with Gasteiger partial charge >= 0.3 is 0 Å². The molecule has 1 aliphatic heterocycles. The predicted molar refractivity (Wildman–Crippen MR) is 132 cm³/mol. The van der Waals surface area contributed by atoms with Crippen molar-refractivity contribution in [2.75, 3.05) is 20.1 Å². The van der Waals surface area contributed by atoms with Gasteiger partial charge in [-0.25, -0.2) is 0 Å². The number of rotatable bonds is 5. The summed E-state index contributed by atoms with van der Waals surface area (Å²) in [7, 11) is 3.59. The van der Waals surface area contributed by atoms with Crippen molar-refractivity contribution in [2.45, 2.75) is 25.9 Å². The molecule has 3 aromatic heterocycles. The van der Waals surface area contributed by atoms with E-state index in [-0.39, 0.29) is 11.8 Å². The molecule has 176 valence electrons. The Morgan fingerprint density at radius 3 is 2.82 bits per heavy atom. The molecule has 0 radical (unpaired) electrons. The number of hydrogen-bond donors (Lipinski definition) is 2. The van der Waals surface area contributed by atoms with Crippen LogP contribution in [0.4, 0.5) is 0 Å². The molecule has 1 atom stereocenters. The van der Waals surface area contributed by atoms with Gasteiger partial charge < -0.3 is 24.6 Å². The standard InChI is InChI=1S/C25H26N4O4S/c1-4-18-22(24(31)26-2)16-6-5-15(11-19(16)28(18)3)33-20-7-9-27-17-12-21(34-23(17)20)25(32)29-10-8-14(30)13-29/h5-7,9,11-12,14,30H,4,8,10,13H2,1-3H3,(H,26,31). The van der Waals surface area contributed by atoms with Gasteiger partial charge in [-0.1, -0.05) is 6.92 Å². The van der Waals surface area contributed by atoms with E-state index in [1.54, 1.807) is 30.3 Å². The minimum absolute atomic E-state index is 0.0930. The van der Waals surface area contributed by atoms with Crippen LogP contribution in [0.25, 0.3) is 21.1 Å². The largest absolute Gasteiger partial charge is 0.456 e. The van der Waals surface area contributed by atoms with Gasteiger partial charge in [0.2, 0.25) is 0 Å². The number of ether oxygens (including phenoxy) is 1. The van der Waals surface area contributed by atoms with E-state index >= 15 is 0 Å². The monoisotopic (exact) mass is 478 g/mol. The zero-order valence-corrected chi connectivity index (χ0v) is 20.1. The Kier molecular flexibility index (Phi) is 5.75. The normalized spacial score (nSPS) is 15.9. The highest BCUT2D eigenvalue weighted by Crippen LogP contribution is 2.37. The molecular formula is C25H26N4O4S.